The molecule has 1 heterocycles. The summed E-state index contributed by atoms with van der Waals surface area (Å²) in [5.74, 6) is -0.339. The molecule has 1 rings (SSSR count). The van der Waals surface area contributed by atoms with E-state index in [4.69, 9.17) is 5.11 Å². The normalized spacial score (nSPS) is 20.3. The van der Waals surface area contributed by atoms with Crippen molar-refractivity contribution in [1.29, 1.82) is 0 Å². The fraction of sp³-hybridized carbons (Fsp3) is 0.917. The van der Waals surface area contributed by atoms with Gasteiger partial charge in [0.05, 0.1) is 5.75 Å². The monoisotopic (exact) mass is 292 g/mol. The molecule has 0 amide bonds. The highest BCUT2D eigenvalue weighted by Crippen LogP contribution is 2.07. The minimum absolute atomic E-state index is 0.205. The third kappa shape index (κ3) is 5.46. The molecule has 1 fully saturated rings. The van der Waals surface area contributed by atoms with E-state index in [1.165, 1.54) is 0 Å². The molecule has 1 unspecified atom stereocenters. The van der Waals surface area contributed by atoms with Crippen molar-refractivity contribution in [2.75, 3.05) is 44.2 Å². The van der Waals surface area contributed by atoms with Gasteiger partial charge in [-0.3, -0.25) is 9.69 Å². The van der Waals surface area contributed by atoms with Crippen LogP contribution in [0.4, 0.5) is 0 Å². The lowest BCUT2D eigenvalue weighted by Crippen LogP contribution is -2.51. The molecule has 0 aromatic heterocycles. The Morgan fingerprint density at radius 2 is 1.84 bits per heavy atom. The molecular weight excluding hydrogens is 268 g/mol. The fourth-order valence-electron chi connectivity index (χ4n) is 2.18. The summed E-state index contributed by atoms with van der Waals surface area (Å²) in [4.78, 5) is 15.0. The van der Waals surface area contributed by atoms with E-state index in [0.717, 1.165) is 32.7 Å². The van der Waals surface area contributed by atoms with Crippen LogP contribution < -0.4 is 0 Å². The van der Waals surface area contributed by atoms with E-state index in [1.54, 1.807) is 13.8 Å². The molecule has 1 N–H and O–H groups in total. The zero-order valence-corrected chi connectivity index (χ0v) is 12.5. The number of carboxylic acids is 1. The minimum Gasteiger partial charge on any atom is -0.480 e. The van der Waals surface area contributed by atoms with Gasteiger partial charge in [0.1, 0.15) is 15.9 Å². The summed E-state index contributed by atoms with van der Waals surface area (Å²) < 4.78 is 22.7. The fourth-order valence-corrected chi connectivity index (χ4v) is 3.04. The molecule has 1 aliphatic heterocycles. The van der Waals surface area contributed by atoms with Crippen LogP contribution in [-0.2, 0) is 14.6 Å². The van der Waals surface area contributed by atoms with Crippen molar-refractivity contribution in [3.8, 4) is 0 Å². The highest BCUT2D eigenvalue weighted by atomic mass is 32.2. The van der Waals surface area contributed by atoms with Crippen LogP contribution in [0.15, 0.2) is 0 Å². The van der Waals surface area contributed by atoms with Crippen molar-refractivity contribution in [2.45, 2.75) is 26.3 Å². The molecule has 0 aromatic carbocycles. The molecule has 0 aromatic rings. The van der Waals surface area contributed by atoms with E-state index in [9.17, 15) is 13.2 Å². The van der Waals surface area contributed by atoms with Gasteiger partial charge in [0.25, 0.3) is 0 Å². The Morgan fingerprint density at radius 1 is 1.26 bits per heavy atom. The number of piperazine rings is 1. The molecule has 1 saturated heterocycles. The largest absolute Gasteiger partial charge is 0.480 e. The van der Waals surface area contributed by atoms with Gasteiger partial charge in [-0.05, 0) is 19.9 Å². The second-order valence-corrected chi connectivity index (χ2v) is 7.45. The highest BCUT2D eigenvalue weighted by Gasteiger charge is 2.24. The van der Waals surface area contributed by atoms with Crippen LogP contribution in [0.25, 0.3) is 0 Å². The summed E-state index contributed by atoms with van der Waals surface area (Å²) in [5, 5.41) is 8.94. The van der Waals surface area contributed by atoms with E-state index in [1.807, 2.05) is 4.90 Å². The Kier molecular flexibility index (Phi) is 6.22. The quantitative estimate of drug-likeness (QED) is 0.706. The molecule has 0 bridgehead atoms. The highest BCUT2D eigenvalue weighted by molar-refractivity contribution is 7.91. The molecule has 19 heavy (non-hydrogen) atoms. The summed E-state index contributed by atoms with van der Waals surface area (Å²) in [6.07, 6.45) is 0.657. The smallest absolute Gasteiger partial charge is 0.320 e. The number of aliphatic carboxylic acids is 1. The van der Waals surface area contributed by atoms with Crippen molar-refractivity contribution in [3.05, 3.63) is 0 Å². The van der Waals surface area contributed by atoms with Crippen molar-refractivity contribution >= 4 is 15.8 Å². The number of rotatable bonds is 7. The molecule has 0 saturated carbocycles. The molecule has 0 spiro atoms. The van der Waals surface area contributed by atoms with Gasteiger partial charge >= 0.3 is 5.97 Å². The van der Waals surface area contributed by atoms with Gasteiger partial charge in [-0.25, -0.2) is 8.42 Å². The summed E-state index contributed by atoms with van der Waals surface area (Å²) in [5.41, 5.74) is 0. The topological polar surface area (TPSA) is 77.9 Å². The molecular formula is C12H24N2O4S. The predicted molar refractivity (Wildman–Crippen MR) is 74.1 cm³/mol. The summed E-state index contributed by atoms with van der Waals surface area (Å²) in [6, 6.07) is -0.442. The maximum Gasteiger partial charge on any atom is 0.320 e. The Balaban J connectivity index is 2.26. The van der Waals surface area contributed by atoms with E-state index in [2.05, 4.69) is 4.90 Å². The van der Waals surface area contributed by atoms with Gasteiger partial charge in [-0.15, -0.1) is 0 Å². The second-order valence-electron chi connectivity index (χ2n) is 4.98. The van der Waals surface area contributed by atoms with E-state index >= 15 is 0 Å². The van der Waals surface area contributed by atoms with Crippen molar-refractivity contribution in [1.82, 2.24) is 9.80 Å². The van der Waals surface area contributed by atoms with Crippen molar-refractivity contribution < 1.29 is 18.3 Å². The van der Waals surface area contributed by atoms with Crippen LogP contribution in [0.1, 0.15) is 20.3 Å². The van der Waals surface area contributed by atoms with Crippen LogP contribution in [0.3, 0.4) is 0 Å². The molecule has 112 valence electrons. The van der Waals surface area contributed by atoms with Crippen LogP contribution >= 0.6 is 0 Å². The predicted octanol–water partition coefficient (Wildman–Crippen LogP) is -0.0981. The molecule has 0 radical (unpaired) electrons. The maximum absolute atomic E-state index is 11.4. The van der Waals surface area contributed by atoms with E-state index < -0.39 is 21.8 Å². The Morgan fingerprint density at radius 3 is 2.32 bits per heavy atom. The van der Waals surface area contributed by atoms with Crippen LogP contribution in [0.5, 0.6) is 0 Å². The first kappa shape index (κ1) is 16.4. The SMILES string of the molecule is CCS(=O)(=O)CCCN1CCN(C(C)C(=O)O)CC1. The Labute approximate surface area is 115 Å². The standard InChI is InChI=1S/C12H24N2O4S/c1-3-19(17,18)10-4-5-13-6-8-14(9-7-13)11(2)12(15)16/h11H,3-10H2,1-2H3,(H,15,16). The number of carboxylic acid groups (broad SMARTS) is 1. The van der Waals surface area contributed by atoms with Gasteiger partial charge in [-0.1, -0.05) is 6.92 Å². The summed E-state index contributed by atoms with van der Waals surface area (Å²) >= 11 is 0. The molecule has 1 atom stereocenters. The van der Waals surface area contributed by atoms with Crippen LogP contribution in [0.2, 0.25) is 0 Å². The molecule has 6 nitrogen and oxygen atoms in total. The van der Waals surface area contributed by atoms with Gasteiger partial charge in [0.15, 0.2) is 0 Å². The van der Waals surface area contributed by atoms with Gasteiger partial charge in [0, 0.05) is 31.9 Å². The molecule has 7 heteroatoms. The van der Waals surface area contributed by atoms with E-state index in [0.29, 0.717) is 6.42 Å². The average Bonchev–Trinajstić information content (AvgIpc) is 2.38. The van der Waals surface area contributed by atoms with Gasteiger partial charge < -0.3 is 10.0 Å². The lowest BCUT2D eigenvalue weighted by atomic mass is 10.2. The number of sulfone groups is 1. The molecule has 0 aliphatic carbocycles. The van der Waals surface area contributed by atoms with Crippen molar-refractivity contribution in [2.24, 2.45) is 0 Å². The lowest BCUT2D eigenvalue weighted by molar-refractivity contribution is -0.143. The third-order valence-corrected chi connectivity index (χ3v) is 5.47. The summed E-state index contributed by atoms with van der Waals surface area (Å²) in [7, 11) is -2.87. The zero-order chi connectivity index (χ0) is 14.5. The maximum atomic E-state index is 11.4. The first-order chi connectivity index (χ1) is 8.85. The lowest BCUT2D eigenvalue weighted by Gasteiger charge is -2.36. The van der Waals surface area contributed by atoms with Crippen molar-refractivity contribution in [3.63, 3.8) is 0 Å². The van der Waals surface area contributed by atoms with Crippen LogP contribution in [0, 0.1) is 0 Å². The Hall–Kier alpha value is -0.660. The van der Waals surface area contributed by atoms with Crippen LogP contribution in [-0.4, -0.2) is 79.6 Å². The first-order valence-electron chi connectivity index (χ1n) is 6.75. The minimum atomic E-state index is -2.87. The third-order valence-electron chi connectivity index (χ3n) is 3.68. The van der Waals surface area contributed by atoms with Gasteiger partial charge in [0.2, 0.25) is 0 Å². The Bertz CT molecular complexity index is 389. The second kappa shape index (κ2) is 7.21. The van der Waals surface area contributed by atoms with E-state index in [-0.39, 0.29) is 11.5 Å². The number of hydrogen-bond acceptors (Lipinski definition) is 5. The molecule has 1 aliphatic rings. The zero-order valence-electron chi connectivity index (χ0n) is 11.7. The average molecular weight is 292 g/mol. The summed E-state index contributed by atoms with van der Waals surface area (Å²) in [6.45, 7) is 7.22. The van der Waals surface area contributed by atoms with Gasteiger partial charge in [-0.2, -0.15) is 0 Å². The number of carbonyl (C=O) groups is 1. The first-order valence-corrected chi connectivity index (χ1v) is 8.57. The number of nitrogens with zero attached hydrogens (tertiary/aromatic N) is 2. The number of hydrogen-bond donors (Lipinski definition) is 1.